The van der Waals surface area contributed by atoms with Crippen molar-refractivity contribution in [1.29, 1.82) is 0 Å². The second-order valence-electron chi connectivity index (χ2n) is 23.1. The molecule has 3 nitrogen and oxygen atoms in total. The van der Waals surface area contributed by atoms with Crippen LogP contribution in [0.3, 0.4) is 0 Å². The minimum atomic E-state index is -0.215. The van der Waals surface area contributed by atoms with Gasteiger partial charge in [-0.2, -0.15) is 0 Å². The number of unbranched alkanes of at least 4 members (excludes halogenated alkanes) is 1. The fraction of sp³-hybridized carbons (Fsp3) is 0.167. The van der Waals surface area contributed by atoms with Gasteiger partial charge >= 0.3 is 0 Å². The van der Waals surface area contributed by atoms with Gasteiger partial charge in [-0.25, -0.2) is 0 Å². The zero-order valence-corrected chi connectivity index (χ0v) is 44.8. The molecular formula is C72H63BN2O. The van der Waals surface area contributed by atoms with Gasteiger partial charge in [-0.05, 0) is 139 Å². The third-order valence-corrected chi connectivity index (χ3v) is 16.1. The molecule has 11 aromatic rings. The van der Waals surface area contributed by atoms with Gasteiger partial charge in [-0.1, -0.05) is 225 Å². The highest BCUT2D eigenvalue weighted by Crippen LogP contribution is 2.54. The molecule has 3 heterocycles. The van der Waals surface area contributed by atoms with Crippen molar-refractivity contribution in [3.05, 3.63) is 235 Å². The summed E-state index contributed by atoms with van der Waals surface area (Å²) < 4.78 is 6.84. The number of hydrogen-bond donors (Lipinski definition) is 0. The SMILES string of the molecule is CCCCc1ccc2oc3ccccc3c2c1N1c2ccc(-c3ccccc3)cc2B2c3cc(-c4ccccc4)ccc3N(c3c(-c4ccccc4)cc(C(C)(C)C)cc3-c3ccccc3)c3cc(C(C)(C)C)cc1c32. The molecule has 2 aliphatic heterocycles. The Bertz CT molecular complexity index is 3930. The number of benzene rings is 10. The molecule has 2 aliphatic rings. The van der Waals surface area contributed by atoms with Crippen LogP contribution in [-0.2, 0) is 17.3 Å². The van der Waals surface area contributed by atoms with Gasteiger partial charge in [0.1, 0.15) is 11.2 Å². The second kappa shape index (κ2) is 18.5. The molecule has 0 N–H and O–H groups in total. The molecular weight excluding hydrogens is 920 g/mol. The Morgan fingerprint density at radius 2 is 0.868 bits per heavy atom. The highest BCUT2D eigenvalue weighted by atomic mass is 16.3. The van der Waals surface area contributed by atoms with Gasteiger partial charge in [0, 0.05) is 39.3 Å². The molecule has 1 aromatic heterocycles. The Kier molecular flexibility index (Phi) is 11.5. The minimum absolute atomic E-state index is 0.124. The number of anilines is 6. The lowest BCUT2D eigenvalue weighted by atomic mass is 9.33. The molecule has 370 valence electrons. The zero-order chi connectivity index (χ0) is 51.9. The van der Waals surface area contributed by atoms with E-state index >= 15 is 0 Å². The molecule has 0 unspecified atom stereocenters. The molecule has 76 heavy (non-hydrogen) atoms. The number of hydrogen-bond acceptors (Lipinski definition) is 3. The van der Waals surface area contributed by atoms with Gasteiger partial charge < -0.3 is 14.2 Å². The Morgan fingerprint density at radius 3 is 1.37 bits per heavy atom. The van der Waals surface area contributed by atoms with E-state index in [2.05, 4.69) is 277 Å². The fourth-order valence-corrected chi connectivity index (χ4v) is 12.2. The highest BCUT2D eigenvalue weighted by Gasteiger charge is 2.46. The predicted molar refractivity (Wildman–Crippen MR) is 325 cm³/mol. The van der Waals surface area contributed by atoms with Crippen molar-refractivity contribution in [3.63, 3.8) is 0 Å². The second-order valence-corrected chi connectivity index (χ2v) is 23.1. The first-order valence-electron chi connectivity index (χ1n) is 27.3. The van der Waals surface area contributed by atoms with Crippen molar-refractivity contribution in [2.75, 3.05) is 9.80 Å². The van der Waals surface area contributed by atoms with Crippen molar-refractivity contribution in [2.45, 2.75) is 78.6 Å². The Labute approximate surface area is 449 Å². The Hall–Kier alpha value is -8.34. The molecule has 0 saturated carbocycles. The van der Waals surface area contributed by atoms with Crippen LogP contribution in [0.25, 0.3) is 66.4 Å². The summed E-state index contributed by atoms with van der Waals surface area (Å²) in [5.41, 5.74) is 26.0. The predicted octanol–water partition coefficient (Wildman–Crippen LogP) is 18.3. The maximum Gasteiger partial charge on any atom is 0.252 e. The van der Waals surface area contributed by atoms with E-state index in [-0.39, 0.29) is 17.5 Å². The number of fused-ring (bicyclic) bond motifs is 7. The maximum absolute atomic E-state index is 6.84. The van der Waals surface area contributed by atoms with Crippen LogP contribution < -0.4 is 26.2 Å². The average molecular weight is 983 g/mol. The quantitative estimate of drug-likeness (QED) is 0.134. The number of aryl methyl sites for hydroxylation is 1. The van der Waals surface area contributed by atoms with Crippen LogP contribution in [-0.4, -0.2) is 6.71 Å². The summed E-state index contributed by atoms with van der Waals surface area (Å²) >= 11 is 0. The van der Waals surface area contributed by atoms with Crippen molar-refractivity contribution in [2.24, 2.45) is 0 Å². The smallest absolute Gasteiger partial charge is 0.252 e. The molecule has 10 aromatic carbocycles. The topological polar surface area (TPSA) is 19.6 Å². The molecule has 0 aliphatic carbocycles. The molecule has 0 fully saturated rings. The zero-order valence-electron chi connectivity index (χ0n) is 44.8. The molecule has 0 saturated heterocycles. The van der Waals surface area contributed by atoms with E-state index in [9.17, 15) is 0 Å². The van der Waals surface area contributed by atoms with Crippen LogP contribution in [0.15, 0.2) is 223 Å². The van der Waals surface area contributed by atoms with Gasteiger partial charge in [-0.15, -0.1) is 0 Å². The molecule has 0 spiro atoms. The summed E-state index contributed by atoms with van der Waals surface area (Å²) in [5.74, 6) is 0. The van der Waals surface area contributed by atoms with Crippen molar-refractivity contribution in [3.8, 4) is 44.5 Å². The van der Waals surface area contributed by atoms with E-state index in [1.807, 2.05) is 0 Å². The van der Waals surface area contributed by atoms with Gasteiger partial charge in [0.05, 0.1) is 16.8 Å². The normalized spacial score (nSPS) is 13.0. The number of para-hydroxylation sites is 1. The largest absolute Gasteiger partial charge is 0.456 e. The van der Waals surface area contributed by atoms with Crippen molar-refractivity contribution in [1.82, 2.24) is 0 Å². The van der Waals surface area contributed by atoms with Crippen LogP contribution in [0.1, 0.15) is 78.0 Å². The molecule has 0 amide bonds. The van der Waals surface area contributed by atoms with E-state index in [0.29, 0.717) is 0 Å². The standard InChI is InChI=1S/C72H63BN2O/c1-8-9-24-51-37-40-66-67(56-33-22-23-34-65(56)76-66)69(51)74-61-38-35-52(47-25-14-10-15-26-47)41-59(61)73-60-42-53(48-27-16-11-17-28-48)36-39-62(60)75(64-46-55(72(5,6)7)45-63(74)68(64)73)70-57(49-29-18-12-19-30-49)43-54(71(2,3)4)44-58(70)50-31-20-13-21-32-50/h10-23,25-46H,8-9,24H2,1-7H3. The first-order valence-corrected chi connectivity index (χ1v) is 27.3. The molecule has 0 bridgehead atoms. The summed E-state index contributed by atoms with van der Waals surface area (Å²) in [5, 5.41) is 2.29. The lowest BCUT2D eigenvalue weighted by Gasteiger charge is -2.46. The number of rotatable bonds is 9. The fourth-order valence-electron chi connectivity index (χ4n) is 12.2. The van der Waals surface area contributed by atoms with Crippen LogP contribution in [0.2, 0.25) is 0 Å². The Balaban J connectivity index is 1.23. The van der Waals surface area contributed by atoms with E-state index in [4.69, 9.17) is 4.42 Å². The third kappa shape index (κ3) is 7.97. The number of nitrogens with zero attached hydrogens (tertiary/aromatic N) is 2. The van der Waals surface area contributed by atoms with E-state index in [1.54, 1.807) is 0 Å². The summed E-state index contributed by atoms with van der Waals surface area (Å²) in [4.78, 5) is 5.36. The first-order chi connectivity index (χ1) is 36.9. The van der Waals surface area contributed by atoms with Crippen LogP contribution >= 0.6 is 0 Å². The lowest BCUT2D eigenvalue weighted by molar-refractivity contribution is 0.590. The van der Waals surface area contributed by atoms with Gasteiger partial charge in [0.15, 0.2) is 0 Å². The average Bonchev–Trinajstić information content (AvgIpc) is 3.90. The minimum Gasteiger partial charge on any atom is -0.456 e. The van der Waals surface area contributed by atoms with Gasteiger partial charge in [0.25, 0.3) is 6.71 Å². The summed E-state index contributed by atoms with van der Waals surface area (Å²) in [6.07, 6.45) is 3.11. The lowest BCUT2D eigenvalue weighted by Crippen LogP contribution is -2.61. The van der Waals surface area contributed by atoms with Crippen LogP contribution in [0, 0.1) is 0 Å². The monoisotopic (exact) mass is 983 g/mol. The van der Waals surface area contributed by atoms with Crippen molar-refractivity contribution < 1.29 is 4.42 Å². The first kappa shape index (κ1) is 47.4. The molecule has 0 atom stereocenters. The summed E-state index contributed by atoms with van der Waals surface area (Å²) in [7, 11) is 0. The summed E-state index contributed by atoms with van der Waals surface area (Å²) in [6, 6.07) is 82.0. The summed E-state index contributed by atoms with van der Waals surface area (Å²) in [6.45, 7) is 16.3. The molecule has 0 radical (unpaired) electrons. The maximum atomic E-state index is 6.84. The van der Waals surface area contributed by atoms with E-state index in [1.165, 1.54) is 112 Å². The molecule has 13 rings (SSSR count). The van der Waals surface area contributed by atoms with Crippen molar-refractivity contribution >= 4 is 79.2 Å². The van der Waals surface area contributed by atoms with Crippen LogP contribution in [0.4, 0.5) is 34.1 Å². The third-order valence-electron chi connectivity index (χ3n) is 16.1. The van der Waals surface area contributed by atoms with Crippen LogP contribution in [0.5, 0.6) is 0 Å². The number of furan rings is 1. The van der Waals surface area contributed by atoms with Gasteiger partial charge in [-0.3, -0.25) is 0 Å². The highest BCUT2D eigenvalue weighted by molar-refractivity contribution is 7.00. The van der Waals surface area contributed by atoms with E-state index < -0.39 is 0 Å². The van der Waals surface area contributed by atoms with E-state index in [0.717, 1.165) is 41.2 Å². The Morgan fingerprint density at radius 1 is 0.408 bits per heavy atom. The van der Waals surface area contributed by atoms with Gasteiger partial charge in [0.2, 0.25) is 0 Å². The molecule has 4 heteroatoms.